The van der Waals surface area contributed by atoms with Crippen LogP contribution in [0.1, 0.15) is 30.6 Å². The quantitative estimate of drug-likeness (QED) is 0.246. The van der Waals surface area contributed by atoms with Gasteiger partial charge in [-0.2, -0.15) is 0 Å². The first-order valence-electron chi connectivity index (χ1n) is 10.2. The lowest BCUT2D eigenvalue weighted by Crippen LogP contribution is -2.28. The summed E-state index contributed by atoms with van der Waals surface area (Å²) in [6, 6.07) is 11.3. The van der Waals surface area contributed by atoms with Gasteiger partial charge >= 0.3 is 0 Å². The molecule has 3 aromatic rings. The third-order valence-corrected chi connectivity index (χ3v) is 6.65. The highest BCUT2D eigenvalue weighted by molar-refractivity contribution is 7.99. The van der Waals surface area contributed by atoms with Crippen LogP contribution < -0.4 is 16.6 Å². The number of rotatable bonds is 12. The number of thioether (sulfide) groups is 1. The summed E-state index contributed by atoms with van der Waals surface area (Å²) in [5.74, 6) is -0.209. The number of hydrogen-bond donors (Lipinski definition) is 2. The van der Waals surface area contributed by atoms with Gasteiger partial charge in [0.1, 0.15) is 0 Å². The number of thiophene rings is 1. The maximum Gasteiger partial charge on any atom is 0.262 e. The fourth-order valence-corrected chi connectivity index (χ4v) is 4.73. The van der Waals surface area contributed by atoms with Crippen LogP contribution >= 0.6 is 23.1 Å². The average Bonchev–Trinajstić information content (AvgIpc) is 3.27. The van der Waals surface area contributed by atoms with Crippen LogP contribution in [0.3, 0.4) is 0 Å². The van der Waals surface area contributed by atoms with Gasteiger partial charge in [0.2, 0.25) is 11.8 Å². The van der Waals surface area contributed by atoms with Gasteiger partial charge in [-0.3, -0.25) is 19.0 Å². The number of para-hydroxylation sites is 1. The average molecular weight is 459 g/mol. The van der Waals surface area contributed by atoms with Crippen molar-refractivity contribution in [3.63, 3.8) is 0 Å². The molecule has 0 fully saturated rings. The molecule has 0 saturated heterocycles. The molecular formula is C22H26N4O3S2. The Morgan fingerprint density at radius 3 is 2.74 bits per heavy atom. The van der Waals surface area contributed by atoms with E-state index in [1.165, 1.54) is 16.6 Å². The molecule has 0 radical (unpaired) electrons. The van der Waals surface area contributed by atoms with E-state index in [-0.39, 0.29) is 23.1 Å². The molecule has 1 aromatic carbocycles. The minimum Gasteiger partial charge on any atom is -0.370 e. The summed E-state index contributed by atoms with van der Waals surface area (Å²) in [5, 5.41) is 6.03. The molecule has 0 aliphatic rings. The molecule has 7 nitrogen and oxygen atoms in total. The zero-order valence-corrected chi connectivity index (χ0v) is 18.8. The van der Waals surface area contributed by atoms with Gasteiger partial charge in [-0.15, -0.1) is 11.3 Å². The fraction of sp³-hybridized carbons (Fsp3) is 0.364. The number of primary amides is 1. The number of fused-ring (bicyclic) bond motifs is 1. The summed E-state index contributed by atoms with van der Waals surface area (Å²) in [6.45, 7) is 1.06. The van der Waals surface area contributed by atoms with E-state index < -0.39 is 0 Å². The number of nitrogens with one attached hydrogen (secondary N) is 1. The molecule has 0 unspecified atom stereocenters. The predicted octanol–water partition coefficient (Wildman–Crippen LogP) is 2.95. The number of nitrogens with zero attached hydrogens (tertiary/aromatic N) is 2. The van der Waals surface area contributed by atoms with E-state index in [1.54, 1.807) is 28.0 Å². The monoisotopic (exact) mass is 458 g/mol. The van der Waals surface area contributed by atoms with Gasteiger partial charge in [0.05, 0.1) is 16.7 Å². The highest BCUT2D eigenvalue weighted by Crippen LogP contribution is 2.18. The Kier molecular flexibility index (Phi) is 8.66. The second kappa shape index (κ2) is 11.7. The van der Waals surface area contributed by atoms with E-state index in [0.717, 1.165) is 19.3 Å². The number of carbonyl (C=O) groups is 2. The molecule has 0 atom stereocenters. The van der Waals surface area contributed by atoms with Crippen LogP contribution in [0.15, 0.2) is 51.7 Å². The van der Waals surface area contributed by atoms with Gasteiger partial charge in [-0.1, -0.05) is 36.4 Å². The van der Waals surface area contributed by atoms with Crippen molar-refractivity contribution in [3.05, 3.63) is 57.0 Å². The van der Waals surface area contributed by atoms with E-state index in [4.69, 9.17) is 5.73 Å². The van der Waals surface area contributed by atoms with Gasteiger partial charge in [0, 0.05) is 24.4 Å². The molecule has 31 heavy (non-hydrogen) atoms. The van der Waals surface area contributed by atoms with Gasteiger partial charge in [-0.25, -0.2) is 4.98 Å². The number of unbranched alkanes of at least 4 members (excludes halogenated alkanes) is 2. The van der Waals surface area contributed by atoms with Crippen LogP contribution in [-0.2, 0) is 22.6 Å². The molecule has 2 amide bonds. The van der Waals surface area contributed by atoms with E-state index in [2.05, 4.69) is 10.3 Å². The zero-order valence-electron chi connectivity index (χ0n) is 17.2. The van der Waals surface area contributed by atoms with Crippen molar-refractivity contribution < 1.29 is 9.59 Å². The Bertz CT molecular complexity index is 1080. The smallest absolute Gasteiger partial charge is 0.262 e. The maximum absolute atomic E-state index is 13.0. The van der Waals surface area contributed by atoms with E-state index in [0.29, 0.717) is 42.0 Å². The Hall–Kier alpha value is -2.65. The van der Waals surface area contributed by atoms with E-state index in [1.807, 2.05) is 29.6 Å². The van der Waals surface area contributed by atoms with Gasteiger partial charge < -0.3 is 11.1 Å². The van der Waals surface area contributed by atoms with Crippen molar-refractivity contribution in [2.24, 2.45) is 5.73 Å². The van der Waals surface area contributed by atoms with E-state index in [9.17, 15) is 14.4 Å². The maximum atomic E-state index is 13.0. The Morgan fingerprint density at radius 1 is 1.13 bits per heavy atom. The van der Waals surface area contributed by atoms with Crippen LogP contribution in [0, 0.1) is 0 Å². The van der Waals surface area contributed by atoms with Crippen molar-refractivity contribution in [1.82, 2.24) is 14.9 Å². The molecule has 3 rings (SSSR count). The number of carbonyl (C=O) groups excluding carboxylic acids is 2. The number of benzene rings is 1. The lowest BCUT2D eigenvalue weighted by atomic mass is 10.2. The summed E-state index contributed by atoms with van der Waals surface area (Å²) < 4.78 is 1.64. The first-order valence-corrected chi connectivity index (χ1v) is 12.1. The first kappa shape index (κ1) is 23.0. The zero-order chi connectivity index (χ0) is 22.1. The summed E-state index contributed by atoms with van der Waals surface area (Å²) in [6.07, 6.45) is 3.36. The lowest BCUT2D eigenvalue weighted by molar-refractivity contribution is -0.119. The molecule has 0 saturated carbocycles. The van der Waals surface area contributed by atoms with Crippen LogP contribution in [-0.4, -0.2) is 33.7 Å². The van der Waals surface area contributed by atoms with Crippen molar-refractivity contribution in [1.29, 1.82) is 0 Å². The van der Waals surface area contributed by atoms with Gasteiger partial charge in [0.15, 0.2) is 5.16 Å². The van der Waals surface area contributed by atoms with Crippen LogP contribution in [0.2, 0.25) is 0 Å². The minimum atomic E-state index is -0.314. The van der Waals surface area contributed by atoms with Crippen LogP contribution in [0.25, 0.3) is 10.9 Å². The summed E-state index contributed by atoms with van der Waals surface area (Å²) in [4.78, 5) is 42.0. The minimum absolute atomic E-state index is 0.0861. The molecular weight excluding hydrogens is 432 g/mol. The predicted molar refractivity (Wildman–Crippen MR) is 125 cm³/mol. The first-order chi connectivity index (χ1) is 15.0. The van der Waals surface area contributed by atoms with Crippen LogP contribution in [0.4, 0.5) is 0 Å². The molecule has 164 valence electrons. The lowest BCUT2D eigenvalue weighted by Gasteiger charge is -2.13. The third kappa shape index (κ3) is 6.93. The summed E-state index contributed by atoms with van der Waals surface area (Å²) in [5.41, 5.74) is 5.69. The second-order valence-corrected chi connectivity index (χ2v) is 9.09. The number of aromatic nitrogens is 2. The largest absolute Gasteiger partial charge is 0.370 e. The standard InChI is InChI=1S/C22H26N4O3S2/c23-19(27)10-2-1-5-13-26-21(29)17-8-3-4-9-18(17)25-22(26)31-15-20(28)24-12-11-16-7-6-14-30-16/h3-4,6-9,14H,1-2,5,10-13,15H2,(H2,23,27)(H,24,28). The Morgan fingerprint density at radius 2 is 1.97 bits per heavy atom. The Balaban J connectivity index is 1.63. The Labute approximate surface area is 189 Å². The molecule has 0 aliphatic carbocycles. The SMILES string of the molecule is NC(=O)CCCCCn1c(SCC(=O)NCCc2cccs2)nc2ccccc2c1=O. The van der Waals surface area contributed by atoms with Crippen molar-refractivity contribution in [2.45, 2.75) is 43.8 Å². The molecule has 0 bridgehead atoms. The normalized spacial score (nSPS) is 11.0. The third-order valence-electron chi connectivity index (χ3n) is 4.74. The molecule has 3 N–H and O–H groups in total. The molecule has 0 aliphatic heterocycles. The van der Waals surface area contributed by atoms with Gasteiger partial charge in [0.25, 0.3) is 5.56 Å². The molecule has 0 spiro atoms. The fourth-order valence-electron chi connectivity index (χ4n) is 3.16. The molecule has 2 aromatic heterocycles. The van der Waals surface area contributed by atoms with E-state index >= 15 is 0 Å². The van der Waals surface area contributed by atoms with Crippen LogP contribution in [0.5, 0.6) is 0 Å². The summed E-state index contributed by atoms with van der Waals surface area (Å²) in [7, 11) is 0. The van der Waals surface area contributed by atoms with Crippen molar-refractivity contribution in [3.8, 4) is 0 Å². The second-order valence-electron chi connectivity index (χ2n) is 7.11. The van der Waals surface area contributed by atoms with Crippen molar-refractivity contribution in [2.75, 3.05) is 12.3 Å². The highest BCUT2D eigenvalue weighted by atomic mass is 32.2. The number of amides is 2. The summed E-state index contributed by atoms with van der Waals surface area (Å²) >= 11 is 2.94. The topological polar surface area (TPSA) is 107 Å². The van der Waals surface area contributed by atoms with Crippen molar-refractivity contribution >= 4 is 45.8 Å². The highest BCUT2D eigenvalue weighted by Gasteiger charge is 2.13. The molecule has 2 heterocycles. The van der Waals surface area contributed by atoms with Gasteiger partial charge in [-0.05, 0) is 42.8 Å². The number of hydrogen-bond acceptors (Lipinski definition) is 6. The number of nitrogens with two attached hydrogens (primary N) is 1. The molecule has 9 heteroatoms.